The molecular weight excluding hydrogens is 366 g/mol. The Labute approximate surface area is 170 Å². The molecule has 1 atom stereocenters. The Balaban J connectivity index is 1.50. The van der Waals surface area contributed by atoms with Gasteiger partial charge in [0.05, 0.1) is 18.3 Å². The van der Waals surface area contributed by atoms with Gasteiger partial charge in [0.1, 0.15) is 29.5 Å². The zero-order chi connectivity index (χ0) is 20.1. The van der Waals surface area contributed by atoms with Crippen LogP contribution in [0.2, 0.25) is 0 Å². The van der Waals surface area contributed by atoms with Crippen LogP contribution in [0.4, 0.5) is 11.6 Å². The van der Waals surface area contributed by atoms with E-state index in [1.54, 1.807) is 0 Å². The summed E-state index contributed by atoms with van der Waals surface area (Å²) >= 11 is 0. The summed E-state index contributed by atoms with van der Waals surface area (Å²) in [4.78, 5) is 10.7. The first-order chi connectivity index (χ1) is 14.2. The van der Waals surface area contributed by atoms with Crippen molar-refractivity contribution in [2.75, 3.05) is 30.8 Å². The lowest BCUT2D eigenvalue weighted by atomic mass is 10.1. The fourth-order valence-electron chi connectivity index (χ4n) is 3.49. The number of ether oxygens (including phenoxy) is 1. The number of nitrogen functional groups attached to an aromatic ring is 1. The van der Waals surface area contributed by atoms with Gasteiger partial charge >= 0.3 is 0 Å². The molecule has 2 aromatic carbocycles. The fraction of sp³-hybridized carbons (Fsp3) is 0.273. The highest BCUT2D eigenvalue weighted by Crippen LogP contribution is 2.32. The lowest BCUT2D eigenvalue weighted by Crippen LogP contribution is -2.41. The van der Waals surface area contributed by atoms with Crippen molar-refractivity contribution in [2.45, 2.75) is 18.9 Å². The second-order valence-corrected chi connectivity index (χ2v) is 7.13. The van der Waals surface area contributed by atoms with E-state index in [2.05, 4.69) is 20.2 Å². The Morgan fingerprint density at radius 3 is 2.59 bits per heavy atom. The molecule has 0 amide bonds. The van der Waals surface area contributed by atoms with Crippen LogP contribution in [0.3, 0.4) is 0 Å². The molecule has 1 fully saturated rings. The van der Waals surface area contributed by atoms with E-state index in [0.29, 0.717) is 24.8 Å². The Morgan fingerprint density at radius 2 is 1.83 bits per heavy atom. The quantitative estimate of drug-likeness (QED) is 0.593. The molecule has 0 aliphatic carbocycles. The van der Waals surface area contributed by atoms with E-state index >= 15 is 0 Å². The number of aliphatic hydroxyl groups is 1. The summed E-state index contributed by atoms with van der Waals surface area (Å²) in [5, 5.41) is 13.2. The molecule has 150 valence electrons. The number of aliphatic hydroxyl groups excluding tert-OH is 1. The maximum absolute atomic E-state index is 9.86. The van der Waals surface area contributed by atoms with Crippen molar-refractivity contribution in [3.63, 3.8) is 0 Å². The molecule has 7 heteroatoms. The van der Waals surface area contributed by atoms with Crippen LogP contribution in [-0.2, 0) is 0 Å². The van der Waals surface area contributed by atoms with Crippen LogP contribution in [0.25, 0.3) is 11.1 Å². The summed E-state index contributed by atoms with van der Waals surface area (Å²) in [5.74, 6) is 2.62. The monoisotopic (exact) mass is 391 g/mol. The molecule has 1 unspecified atom stereocenters. The fourth-order valence-corrected chi connectivity index (χ4v) is 3.49. The number of hydrogen-bond donors (Lipinski definition) is 3. The normalized spacial score (nSPS) is 17.1. The predicted molar refractivity (Wildman–Crippen MR) is 114 cm³/mol. The van der Waals surface area contributed by atoms with Crippen molar-refractivity contribution in [1.29, 1.82) is 0 Å². The second-order valence-electron chi connectivity index (χ2n) is 7.13. The Hall–Kier alpha value is -3.16. The molecule has 1 aromatic heterocycles. The molecule has 7 nitrogen and oxygen atoms in total. The predicted octanol–water partition coefficient (Wildman–Crippen LogP) is 3.34. The summed E-state index contributed by atoms with van der Waals surface area (Å²) in [6.45, 7) is 2.20. The van der Waals surface area contributed by atoms with Crippen molar-refractivity contribution >= 4 is 11.6 Å². The third kappa shape index (κ3) is 4.82. The van der Waals surface area contributed by atoms with Crippen molar-refractivity contribution in [1.82, 2.24) is 14.9 Å². The van der Waals surface area contributed by atoms with Gasteiger partial charge in [-0.3, -0.25) is 4.90 Å². The highest BCUT2D eigenvalue weighted by atomic mass is 16.5. The Kier molecular flexibility index (Phi) is 5.88. The van der Waals surface area contributed by atoms with Crippen molar-refractivity contribution in [3.05, 3.63) is 60.9 Å². The molecule has 0 spiro atoms. The molecule has 0 radical (unpaired) electrons. The molecule has 1 aliphatic heterocycles. The minimum Gasteiger partial charge on any atom is -0.457 e. The first-order valence-corrected chi connectivity index (χ1v) is 9.77. The number of nitrogens with one attached hydrogen (secondary N) is 1. The van der Waals surface area contributed by atoms with Crippen LogP contribution in [0, 0.1) is 0 Å². The van der Waals surface area contributed by atoms with Gasteiger partial charge < -0.3 is 20.9 Å². The minimum atomic E-state index is -0.266. The number of benzene rings is 2. The van der Waals surface area contributed by atoms with Gasteiger partial charge in [-0.15, -0.1) is 0 Å². The molecule has 1 aliphatic rings. The Bertz CT molecular complexity index is 934. The number of anilines is 2. The zero-order valence-electron chi connectivity index (χ0n) is 16.2. The van der Waals surface area contributed by atoms with E-state index in [0.717, 1.165) is 42.0 Å². The molecule has 29 heavy (non-hydrogen) atoms. The van der Waals surface area contributed by atoms with Gasteiger partial charge in [-0.2, -0.15) is 0 Å². The number of hydrogen-bond acceptors (Lipinski definition) is 7. The highest BCUT2D eigenvalue weighted by Gasteiger charge is 2.18. The summed E-state index contributed by atoms with van der Waals surface area (Å²) < 4.78 is 5.86. The zero-order valence-corrected chi connectivity index (χ0v) is 16.2. The van der Waals surface area contributed by atoms with Gasteiger partial charge in [-0.05, 0) is 42.7 Å². The smallest absolute Gasteiger partial charge is 0.140 e. The van der Waals surface area contributed by atoms with Crippen LogP contribution >= 0.6 is 0 Å². The standard InChI is InChI=1S/C22H25N5O2/c23-21-20(16-8-10-19(11-9-16)29-18-6-2-1-3-7-18)22(25-14-24-21)26-15-27-12-4-5-17(28)13-27/h1-3,6-11,14,17,28H,4-5,12-13,15H2,(H3,23,24,25,26). The van der Waals surface area contributed by atoms with Gasteiger partial charge in [0.2, 0.25) is 0 Å². The average Bonchev–Trinajstić information content (AvgIpc) is 2.74. The number of likely N-dealkylation sites (tertiary alicyclic amines) is 1. The van der Waals surface area contributed by atoms with E-state index in [9.17, 15) is 5.11 Å². The summed E-state index contributed by atoms with van der Waals surface area (Å²) in [6.07, 6.45) is 3.04. The van der Waals surface area contributed by atoms with Crippen LogP contribution in [0.5, 0.6) is 11.5 Å². The minimum absolute atomic E-state index is 0.266. The molecule has 3 aromatic rings. The molecule has 0 saturated carbocycles. The van der Waals surface area contributed by atoms with Crippen LogP contribution in [0.1, 0.15) is 12.8 Å². The highest BCUT2D eigenvalue weighted by molar-refractivity contribution is 5.83. The van der Waals surface area contributed by atoms with Crippen LogP contribution in [0.15, 0.2) is 60.9 Å². The van der Waals surface area contributed by atoms with Gasteiger partial charge in [-0.25, -0.2) is 9.97 Å². The van der Waals surface area contributed by atoms with E-state index in [-0.39, 0.29) is 6.10 Å². The van der Waals surface area contributed by atoms with Crippen molar-refractivity contribution in [3.8, 4) is 22.6 Å². The molecule has 4 rings (SSSR count). The lowest BCUT2D eigenvalue weighted by Gasteiger charge is -2.30. The second kappa shape index (κ2) is 8.89. The number of aromatic nitrogens is 2. The molecule has 1 saturated heterocycles. The number of nitrogens with zero attached hydrogens (tertiary/aromatic N) is 3. The van der Waals surface area contributed by atoms with Crippen LogP contribution < -0.4 is 15.8 Å². The summed E-state index contributed by atoms with van der Waals surface area (Å²) in [6, 6.07) is 17.3. The topological polar surface area (TPSA) is 96.5 Å². The lowest BCUT2D eigenvalue weighted by molar-refractivity contribution is 0.0748. The van der Waals surface area contributed by atoms with E-state index in [1.165, 1.54) is 6.33 Å². The Morgan fingerprint density at radius 1 is 1.07 bits per heavy atom. The van der Waals surface area contributed by atoms with E-state index in [4.69, 9.17) is 10.5 Å². The molecule has 0 bridgehead atoms. The van der Waals surface area contributed by atoms with E-state index in [1.807, 2.05) is 54.6 Å². The number of para-hydroxylation sites is 1. The number of rotatable bonds is 6. The van der Waals surface area contributed by atoms with Crippen molar-refractivity contribution < 1.29 is 9.84 Å². The first kappa shape index (κ1) is 19.2. The third-order valence-corrected chi connectivity index (χ3v) is 4.95. The SMILES string of the molecule is Nc1ncnc(NCN2CCCC(O)C2)c1-c1ccc(Oc2ccccc2)cc1. The summed E-state index contributed by atoms with van der Waals surface area (Å²) in [7, 11) is 0. The van der Waals surface area contributed by atoms with Gasteiger partial charge in [0.25, 0.3) is 0 Å². The maximum Gasteiger partial charge on any atom is 0.140 e. The molecular formula is C22H25N5O2. The number of piperidine rings is 1. The number of nitrogens with two attached hydrogens (primary N) is 1. The average molecular weight is 391 g/mol. The molecule has 2 heterocycles. The molecule has 4 N–H and O–H groups in total. The first-order valence-electron chi connectivity index (χ1n) is 9.77. The van der Waals surface area contributed by atoms with E-state index < -0.39 is 0 Å². The largest absolute Gasteiger partial charge is 0.457 e. The van der Waals surface area contributed by atoms with Gasteiger partial charge in [0.15, 0.2) is 0 Å². The van der Waals surface area contributed by atoms with Crippen molar-refractivity contribution in [2.24, 2.45) is 0 Å². The maximum atomic E-state index is 9.86. The summed E-state index contributed by atoms with van der Waals surface area (Å²) in [5.41, 5.74) is 7.84. The van der Waals surface area contributed by atoms with Gasteiger partial charge in [0, 0.05) is 13.1 Å². The third-order valence-electron chi connectivity index (χ3n) is 4.95. The number of β-amino-alcohol motifs (C(OH)–C–C–N with tert-alkyl or cyclic N) is 1. The van der Waals surface area contributed by atoms with Crippen LogP contribution in [-0.4, -0.2) is 45.8 Å². The van der Waals surface area contributed by atoms with Gasteiger partial charge in [-0.1, -0.05) is 30.3 Å².